The second kappa shape index (κ2) is 7.67. The molecule has 0 spiro atoms. The highest BCUT2D eigenvalue weighted by Gasteiger charge is 2.48. The molecule has 1 aromatic carbocycles. The fourth-order valence-electron chi connectivity index (χ4n) is 3.72. The number of hydrogen-bond donors (Lipinski definition) is 3. The molecule has 1 saturated heterocycles. The largest absolute Gasteiger partial charge is 0.416 e. The molecule has 0 unspecified atom stereocenters. The maximum absolute atomic E-state index is 14.4. The van der Waals surface area contributed by atoms with Gasteiger partial charge in [-0.1, -0.05) is 23.7 Å². The van der Waals surface area contributed by atoms with Gasteiger partial charge in [0.2, 0.25) is 5.91 Å². The minimum Gasteiger partial charge on any atom is -0.354 e. The number of benzene rings is 1. The second-order valence-corrected chi connectivity index (χ2v) is 7.98. The van der Waals surface area contributed by atoms with Crippen molar-refractivity contribution >= 4 is 23.5 Å². The Bertz CT molecular complexity index is 1040. The van der Waals surface area contributed by atoms with Crippen LogP contribution in [-0.2, 0) is 16.5 Å². The van der Waals surface area contributed by atoms with Crippen molar-refractivity contribution in [2.24, 2.45) is 0 Å². The van der Waals surface area contributed by atoms with Gasteiger partial charge in [0.25, 0.3) is 0 Å². The number of hydrogen-bond acceptors (Lipinski definition) is 3. The SMILES string of the molecule is O=C(N[C@@H]1C(=O)NC[C@H]1c1ccc(C(F)(F)F)cc1F)NC1(c2cccc(Cl)n2)CC1. The second-order valence-electron chi connectivity index (χ2n) is 7.59. The Balaban J connectivity index is 1.50. The first-order chi connectivity index (χ1) is 14.6. The van der Waals surface area contributed by atoms with Gasteiger partial charge in [0.15, 0.2) is 0 Å². The van der Waals surface area contributed by atoms with Crippen molar-refractivity contribution in [1.29, 1.82) is 0 Å². The fourth-order valence-corrected chi connectivity index (χ4v) is 3.88. The lowest BCUT2D eigenvalue weighted by atomic mass is 9.92. The molecule has 6 nitrogen and oxygen atoms in total. The topological polar surface area (TPSA) is 83.1 Å². The Morgan fingerprint density at radius 2 is 1.97 bits per heavy atom. The van der Waals surface area contributed by atoms with E-state index in [0.717, 1.165) is 12.1 Å². The predicted octanol–water partition coefficient (Wildman–Crippen LogP) is 3.46. The number of halogens is 5. The highest BCUT2D eigenvalue weighted by Crippen LogP contribution is 2.44. The van der Waals surface area contributed by atoms with E-state index in [4.69, 9.17) is 11.6 Å². The predicted molar refractivity (Wildman–Crippen MR) is 103 cm³/mol. The molecule has 0 radical (unpaired) electrons. The highest BCUT2D eigenvalue weighted by atomic mass is 35.5. The van der Waals surface area contributed by atoms with E-state index in [1.165, 1.54) is 0 Å². The number of pyridine rings is 1. The van der Waals surface area contributed by atoms with Crippen molar-refractivity contribution < 1.29 is 27.2 Å². The molecule has 2 fully saturated rings. The van der Waals surface area contributed by atoms with E-state index in [2.05, 4.69) is 20.9 Å². The zero-order chi connectivity index (χ0) is 22.4. The molecule has 1 aliphatic heterocycles. The fraction of sp³-hybridized carbons (Fsp3) is 0.350. The molecule has 1 aromatic heterocycles. The van der Waals surface area contributed by atoms with E-state index in [-0.39, 0.29) is 17.3 Å². The third kappa shape index (κ3) is 4.30. The summed E-state index contributed by atoms with van der Waals surface area (Å²) in [6.07, 6.45) is -3.43. The van der Waals surface area contributed by atoms with Crippen LogP contribution in [0.25, 0.3) is 0 Å². The zero-order valence-electron chi connectivity index (χ0n) is 15.9. The van der Waals surface area contributed by atoms with Crippen LogP contribution in [0.2, 0.25) is 5.15 Å². The van der Waals surface area contributed by atoms with Gasteiger partial charge in [0.05, 0.1) is 16.8 Å². The van der Waals surface area contributed by atoms with Gasteiger partial charge in [0.1, 0.15) is 17.0 Å². The average Bonchev–Trinajstić information content (AvgIpc) is 3.39. The Labute approximate surface area is 179 Å². The molecule has 0 bridgehead atoms. The molecule has 164 valence electrons. The molecule has 31 heavy (non-hydrogen) atoms. The van der Waals surface area contributed by atoms with Crippen molar-refractivity contribution in [2.75, 3.05) is 6.54 Å². The number of alkyl halides is 3. The lowest BCUT2D eigenvalue weighted by molar-refractivity contribution is -0.137. The van der Waals surface area contributed by atoms with Crippen LogP contribution in [0.1, 0.15) is 35.6 Å². The summed E-state index contributed by atoms with van der Waals surface area (Å²) < 4.78 is 52.8. The van der Waals surface area contributed by atoms with Crippen molar-refractivity contribution in [3.63, 3.8) is 0 Å². The monoisotopic (exact) mass is 456 g/mol. The molecule has 2 atom stereocenters. The molecule has 1 aliphatic carbocycles. The molecule has 2 aromatic rings. The van der Waals surface area contributed by atoms with Gasteiger partial charge >= 0.3 is 12.2 Å². The smallest absolute Gasteiger partial charge is 0.354 e. The van der Waals surface area contributed by atoms with E-state index < -0.39 is 47.0 Å². The molecule has 4 rings (SSSR count). The third-order valence-electron chi connectivity index (χ3n) is 5.50. The summed E-state index contributed by atoms with van der Waals surface area (Å²) >= 11 is 5.91. The first-order valence-corrected chi connectivity index (χ1v) is 9.83. The number of nitrogens with one attached hydrogen (secondary N) is 3. The minimum atomic E-state index is -4.69. The molecular weight excluding hydrogens is 440 g/mol. The van der Waals surface area contributed by atoms with Crippen LogP contribution in [0, 0.1) is 5.82 Å². The quantitative estimate of drug-likeness (QED) is 0.486. The Kier molecular flexibility index (Phi) is 5.28. The summed E-state index contributed by atoms with van der Waals surface area (Å²) in [4.78, 5) is 29.1. The first-order valence-electron chi connectivity index (χ1n) is 9.45. The number of amides is 3. The standard InChI is InChI=1S/C20H17ClF4N4O2/c21-15-3-1-2-14(27-15)19(6-7-19)29-18(31)28-16-12(9-26-17(16)30)11-5-4-10(8-13(11)22)20(23,24)25/h1-5,8,12,16H,6-7,9H2,(H,26,30)(H2,28,29,31)/t12-,16-/m0/s1. The first kappa shape index (κ1) is 21.4. The van der Waals surface area contributed by atoms with Crippen LogP contribution < -0.4 is 16.0 Å². The van der Waals surface area contributed by atoms with Gasteiger partial charge < -0.3 is 16.0 Å². The Hall–Kier alpha value is -2.88. The molecular formula is C20H17ClF4N4O2. The van der Waals surface area contributed by atoms with Crippen molar-refractivity contribution in [3.8, 4) is 0 Å². The molecule has 3 N–H and O–H groups in total. The lowest BCUT2D eigenvalue weighted by Gasteiger charge is -2.23. The number of nitrogens with zero attached hydrogens (tertiary/aromatic N) is 1. The molecule has 11 heteroatoms. The summed E-state index contributed by atoms with van der Waals surface area (Å²) in [5, 5.41) is 8.09. The maximum atomic E-state index is 14.4. The van der Waals surface area contributed by atoms with Crippen LogP contribution >= 0.6 is 11.6 Å². The van der Waals surface area contributed by atoms with Gasteiger partial charge in [-0.05, 0) is 42.7 Å². The van der Waals surface area contributed by atoms with E-state index in [1.54, 1.807) is 18.2 Å². The van der Waals surface area contributed by atoms with Gasteiger partial charge in [-0.15, -0.1) is 0 Å². The summed E-state index contributed by atoms with van der Waals surface area (Å²) in [6.45, 7) is -0.0208. The maximum Gasteiger partial charge on any atom is 0.416 e. The van der Waals surface area contributed by atoms with Gasteiger partial charge in [-0.25, -0.2) is 14.2 Å². The number of urea groups is 1. The molecule has 1 saturated carbocycles. The summed E-state index contributed by atoms with van der Waals surface area (Å²) in [7, 11) is 0. The molecule has 3 amide bonds. The zero-order valence-corrected chi connectivity index (χ0v) is 16.6. The number of rotatable bonds is 4. The van der Waals surface area contributed by atoms with Gasteiger partial charge in [-0.3, -0.25) is 4.79 Å². The van der Waals surface area contributed by atoms with Crippen LogP contribution in [0.15, 0.2) is 36.4 Å². The van der Waals surface area contributed by atoms with Crippen molar-refractivity contribution in [3.05, 3.63) is 64.2 Å². The Morgan fingerprint density at radius 3 is 2.58 bits per heavy atom. The van der Waals surface area contributed by atoms with E-state index in [0.29, 0.717) is 24.6 Å². The number of carbonyl (C=O) groups is 2. The van der Waals surface area contributed by atoms with Crippen LogP contribution in [0.4, 0.5) is 22.4 Å². The lowest BCUT2D eigenvalue weighted by Crippen LogP contribution is -2.50. The average molecular weight is 457 g/mol. The minimum absolute atomic E-state index is 0.0208. The van der Waals surface area contributed by atoms with E-state index in [1.807, 2.05) is 0 Å². The van der Waals surface area contributed by atoms with Crippen molar-refractivity contribution in [1.82, 2.24) is 20.9 Å². The number of carbonyl (C=O) groups excluding carboxylic acids is 2. The van der Waals surface area contributed by atoms with Crippen LogP contribution in [-0.4, -0.2) is 29.5 Å². The van der Waals surface area contributed by atoms with Gasteiger partial charge in [-0.2, -0.15) is 13.2 Å². The van der Waals surface area contributed by atoms with Crippen LogP contribution in [0.3, 0.4) is 0 Å². The van der Waals surface area contributed by atoms with E-state index in [9.17, 15) is 27.2 Å². The summed E-state index contributed by atoms with van der Waals surface area (Å²) in [5.41, 5.74) is -1.34. The van der Waals surface area contributed by atoms with Crippen molar-refractivity contribution in [2.45, 2.75) is 36.5 Å². The van der Waals surface area contributed by atoms with E-state index >= 15 is 0 Å². The highest BCUT2D eigenvalue weighted by molar-refractivity contribution is 6.29. The summed E-state index contributed by atoms with van der Waals surface area (Å²) in [6, 6.07) is 5.36. The molecule has 2 heterocycles. The number of aromatic nitrogens is 1. The van der Waals surface area contributed by atoms with Crippen LogP contribution in [0.5, 0.6) is 0 Å². The van der Waals surface area contributed by atoms with Gasteiger partial charge in [0, 0.05) is 12.5 Å². The summed E-state index contributed by atoms with van der Waals surface area (Å²) in [5.74, 6) is -2.50. The Morgan fingerprint density at radius 1 is 1.23 bits per heavy atom. The normalized spacial score (nSPS) is 22.0. The molecule has 2 aliphatic rings. The third-order valence-corrected chi connectivity index (χ3v) is 5.71.